The second-order valence-corrected chi connectivity index (χ2v) is 8.87. The highest BCUT2D eigenvalue weighted by atomic mass is 19.1. The van der Waals surface area contributed by atoms with Gasteiger partial charge in [-0.05, 0) is 61.6 Å². The minimum Gasteiger partial charge on any atom is -0.340 e. The lowest BCUT2D eigenvalue weighted by Crippen LogP contribution is -2.49. The number of hydrogen-bond donors (Lipinski definition) is 1. The Hall–Kier alpha value is -2.24. The van der Waals surface area contributed by atoms with Crippen LogP contribution < -0.4 is 5.32 Å². The van der Waals surface area contributed by atoms with Crippen LogP contribution in [0.15, 0.2) is 48.5 Å². The molecule has 0 radical (unpaired) electrons. The Balaban J connectivity index is 1.49. The van der Waals surface area contributed by atoms with E-state index in [1.54, 1.807) is 0 Å². The van der Waals surface area contributed by atoms with E-state index < -0.39 is 0 Å². The van der Waals surface area contributed by atoms with Crippen molar-refractivity contribution in [3.8, 4) is 0 Å². The number of likely N-dealkylation sites (N-methyl/N-ethyl adjacent to an activating group) is 1. The van der Waals surface area contributed by atoms with E-state index in [1.165, 1.54) is 23.3 Å². The van der Waals surface area contributed by atoms with Gasteiger partial charge in [-0.2, -0.15) is 0 Å². The van der Waals surface area contributed by atoms with Gasteiger partial charge in [0.2, 0.25) is 5.91 Å². The predicted octanol–water partition coefficient (Wildman–Crippen LogP) is 3.56. The maximum atomic E-state index is 13.5. The lowest BCUT2D eigenvalue weighted by atomic mass is 9.87. The zero-order valence-corrected chi connectivity index (χ0v) is 18.0. The molecular formula is C25H32FN3O. The van der Waals surface area contributed by atoms with Crippen molar-refractivity contribution < 1.29 is 9.18 Å². The summed E-state index contributed by atoms with van der Waals surface area (Å²) in [5, 5.41) is 3.69. The van der Waals surface area contributed by atoms with Crippen LogP contribution in [0.3, 0.4) is 0 Å². The molecule has 0 spiro atoms. The molecule has 2 aliphatic rings. The molecule has 1 saturated carbocycles. The van der Waals surface area contributed by atoms with Crippen molar-refractivity contribution >= 4 is 5.91 Å². The van der Waals surface area contributed by atoms with Gasteiger partial charge in [-0.1, -0.05) is 36.4 Å². The molecular weight excluding hydrogens is 377 g/mol. The van der Waals surface area contributed by atoms with Gasteiger partial charge in [0.05, 0.1) is 0 Å². The first-order valence-electron chi connectivity index (χ1n) is 11.0. The molecule has 1 aliphatic carbocycles. The predicted molar refractivity (Wildman–Crippen MR) is 118 cm³/mol. The van der Waals surface area contributed by atoms with Crippen LogP contribution in [0.5, 0.6) is 0 Å². The van der Waals surface area contributed by atoms with E-state index in [4.69, 9.17) is 0 Å². The van der Waals surface area contributed by atoms with Crippen molar-refractivity contribution in [1.29, 1.82) is 0 Å². The third kappa shape index (κ3) is 4.73. The van der Waals surface area contributed by atoms with Gasteiger partial charge >= 0.3 is 0 Å². The Labute approximate surface area is 179 Å². The van der Waals surface area contributed by atoms with Crippen LogP contribution in [0.2, 0.25) is 0 Å². The van der Waals surface area contributed by atoms with Crippen molar-refractivity contribution in [2.75, 3.05) is 33.2 Å². The molecule has 1 amide bonds. The first-order chi connectivity index (χ1) is 14.5. The maximum Gasteiger partial charge on any atom is 0.226 e. The standard InChI is InChI=1S/C25H32FN3O/c1-18-5-3-4-6-20(18)17-27-22-15-23(19-7-9-21(26)10-8-19)24(16-22)25(30)29-13-11-28(2)12-14-29/h3-10,22-24,27H,11-17H2,1-2H3/t22-,23+,24-/m0/s1. The monoisotopic (exact) mass is 409 g/mol. The first kappa shape index (κ1) is 21.0. The number of rotatable bonds is 5. The summed E-state index contributed by atoms with van der Waals surface area (Å²) in [7, 11) is 2.10. The zero-order valence-electron chi connectivity index (χ0n) is 18.0. The van der Waals surface area contributed by atoms with E-state index in [-0.39, 0.29) is 29.6 Å². The Morgan fingerprint density at radius 1 is 1.03 bits per heavy atom. The molecule has 2 aromatic carbocycles. The number of carbonyl (C=O) groups excluding carboxylic acids is 1. The summed E-state index contributed by atoms with van der Waals surface area (Å²) in [4.78, 5) is 17.7. The van der Waals surface area contributed by atoms with Crippen LogP contribution in [-0.2, 0) is 11.3 Å². The second-order valence-electron chi connectivity index (χ2n) is 8.87. The minimum atomic E-state index is -0.229. The quantitative estimate of drug-likeness (QED) is 0.820. The molecule has 0 bridgehead atoms. The molecule has 3 atom stereocenters. The van der Waals surface area contributed by atoms with E-state index in [0.717, 1.165) is 51.1 Å². The largest absolute Gasteiger partial charge is 0.340 e. The molecule has 1 heterocycles. The van der Waals surface area contributed by atoms with Crippen molar-refractivity contribution in [2.24, 2.45) is 5.92 Å². The Morgan fingerprint density at radius 3 is 2.43 bits per heavy atom. The Bertz CT molecular complexity index is 861. The van der Waals surface area contributed by atoms with Crippen LogP contribution in [-0.4, -0.2) is 55.0 Å². The van der Waals surface area contributed by atoms with Crippen LogP contribution in [0.25, 0.3) is 0 Å². The highest BCUT2D eigenvalue weighted by Gasteiger charge is 2.41. The molecule has 2 aromatic rings. The van der Waals surface area contributed by atoms with Crippen LogP contribution in [0.1, 0.15) is 35.4 Å². The molecule has 4 nitrogen and oxygen atoms in total. The molecule has 1 saturated heterocycles. The molecule has 1 aliphatic heterocycles. The van der Waals surface area contributed by atoms with Gasteiger partial charge in [-0.15, -0.1) is 0 Å². The van der Waals surface area contributed by atoms with Gasteiger partial charge in [-0.3, -0.25) is 4.79 Å². The molecule has 2 fully saturated rings. The van der Waals surface area contributed by atoms with Crippen molar-refractivity contribution in [3.05, 3.63) is 71.0 Å². The van der Waals surface area contributed by atoms with E-state index >= 15 is 0 Å². The molecule has 1 N–H and O–H groups in total. The average Bonchev–Trinajstić information content (AvgIpc) is 3.18. The van der Waals surface area contributed by atoms with Gasteiger partial charge in [0.15, 0.2) is 0 Å². The van der Waals surface area contributed by atoms with E-state index in [9.17, 15) is 9.18 Å². The molecule has 0 aromatic heterocycles. The lowest BCUT2D eigenvalue weighted by Gasteiger charge is -2.35. The number of benzene rings is 2. The average molecular weight is 410 g/mol. The smallest absolute Gasteiger partial charge is 0.226 e. The van der Waals surface area contributed by atoms with E-state index in [2.05, 4.69) is 48.5 Å². The second kappa shape index (κ2) is 9.27. The first-order valence-corrected chi connectivity index (χ1v) is 11.0. The van der Waals surface area contributed by atoms with Gasteiger partial charge in [-0.25, -0.2) is 4.39 Å². The number of nitrogens with zero attached hydrogens (tertiary/aromatic N) is 2. The minimum absolute atomic E-state index is 0.0479. The molecule has 160 valence electrons. The summed E-state index contributed by atoms with van der Waals surface area (Å²) in [6.07, 6.45) is 1.74. The van der Waals surface area contributed by atoms with Gasteiger partial charge in [0.1, 0.15) is 5.82 Å². The molecule has 30 heavy (non-hydrogen) atoms. The van der Waals surface area contributed by atoms with Crippen molar-refractivity contribution in [1.82, 2.24) is 15.1 Å². The maximum absolute atomic E-state index is 13.5. The number of halogens is 1. The molecule has 0 unspecified atom stereocenters. The number of hydrogen-bond acceptors (Lipinski definition) is 3. The number of nitrogens with one attached hydrogen (secondary N) is 1. The van der Waals surface area contributed by atoms with Crippen LogP contribution in [0.4, 0.5) is 4.39 Å². The fourth-order valence-electron chi connectivity index (χ4n) is 4.88. The van der Waals surface area contributed by atoms with Gasteiger partial charge < -0.3 is 15.1 Å². The topological polar surface area (TPSA) is 35.6 Å². The third-order valence-corrected chi connectivity index (χ3v) is 6.84. The Morgan fingerprint density at radius 2 is 1.73 bits per heavy atom. The lowest BCUT2D eigenvalue weighted by molar-refractivity contribution is -0.137. The summed E-state index contributed by atoms with van der Waals surface area (Å²) in [6.45, 7) is 6.38. The van der Waals surface area contributed by atoms with Gasteiger partial charge in [0.25, 0.3) is 0 Å². The zero-order chi connectivity index (χ0) is 21.1. The van der Waals surface area contributed by atoms with Crippen molar-refractivity contribution in [3.63, 3.8) is 0 Å². The summed E-state index contributed by atoms with van der Waals surface area (Å²) in [5.41, 5.74) is 3.65. The number of piperazine rings is 1. The summed E-state index contributed by atoms with van der Waals surface area (Å²) in [6, 6.07) is 15.4. The van der Waals surface area contributed by atoms with Crippen molar-refractivity contribution in [2.45, 2.75) is 38.3 Å². The molecule has 5 heteroatoms. The summed E-state index contributed by atoms with van der Waals surface area (Å²) in [5.74, 6) is 0.117. The summed E-state index contributed by atoms with van der Waals surface area (Å²) >= 11 is 0. The highest BCUT2D eigenvalue weighted by Crippen LogP contribution is 2.41. The molecule has 4 rings (SSSR count). The number of carbonyl (C=O) groups is 1. The third-order valence-electron chi connectivity index (χ3n) is 6.84. The number of aryl methyl sites for hydroxylation is 1. The normalized spacial score (nSPS) is 24.9. The van der Waals surface area contributed by atoms with E-state index in [0.29, 0.717) is 0 Å². The Kier molecular flexibility index (Phi) is 6.49. The van der Waals surface area contributed by atoms with Gasteiger partial charge in [0, 0.05) is 44.7 Å². The SMILES string of the molecule is Cc1ccccc1CN[C@@H]1C[C@H](C(=O)N2CCN(C)CC2)[C@@H](c2ccc(F)cc2)C1. The fourth-order valence-corrected chi connectivity index (χ4v) is 4.88. The fraction of sp³-hybridized carbons (Fsp3) is 0.480. The van der Waals surface area contributed by atoms with Crippen LogP contribution in [0, 0.1) is 18.7 Å². The highest BCUT2D eigenvalue weighted by molar-refractivity contribution is 5.80. The van der Waals surface area contributed by atoms with E-state index in [1.807, 2.05) is 17.0 Å². The number of amides is 1. The van der Waals surface area contributed by atoms with Crippen LogP contribution >= 0.6 is 0 Å². The summed E-state index contributed by atoms with van der Waals surface area (Å²) < 4.78 is 13.5.